The third-order valence-electron chi connectivity index (χ3n) is 3.59. The van der Waals surface area contributed by atoms with E-state index in [1.165, 1.54) is 0 Å². The third kappa shape index (κ3) is 2.86. The third-order valence-corrected chi connectivity index (χ3v) is 3.59. The Morgan fingerprint density at radius 1 is 1.48 bits per heavy atom. The second-order valence-electron chi connectivity index (χ2n) is 5.12. The highest BCUT2D eigenvalue weighted by Crippen LogP contribution is 2.22. The summed E-state index contributed by atoms with van der Waals surface area (Å²) in [5, 5.41) is 10.6. The molecule has 1 unspecified atom stereocenters. The Balaban J connectivity index is 1.86. The largest absolute Gasteiger partial charge is 0.497 e. The summed E-state index contributed by atoms with van der Waals surface area (Å²) in [6.45, 7) is 1.48. The van der Waals surface area contributed by atoms with Gasteiger partial charge < -0.3 is 24.5 Å². The van der Waals surface area contributed by atoms with E-state index in [9.17, 15) is 9.90 Å². The number of aromatic amines is 1. The number of aliphatic hydroxyl groups excluding tert-OH is 1. The van der Waals surface area contributed by atoms with Crippen molar-refractivity contribution < 1.29 is 19.4 Å². The summed E-state index contributed by atoms with van der Waals surface area (Å²) in [6.07, 6.45) is -0.638. The standard InChI is InChI=1S/C15H18N2O4/c1-20-12-2-3-13-10(6-12)7-14(16-13)15(19)17-4-5-21-9-11(18)8-17/h2-3,6-7,11,16,18H,4-5,8-9H2,1H3. The summed E-state index contributed by atoms with van der Waals surface area (Å²) >= 11 is 0. The number of hydrogen-bond donors (Lipinski definition) is 2. The van der Waals surface area contributed by atoms with Gasteiger partial charge in [-0.2, -0.15) is 0 Å². The second-order valence-corrected chi connectivity index (χ2v) is 5.12. The Morgan fingerprint density at radius 3 is 3.14 bits per heavy atom. The van der Waals surface area contributed by atoms with Crippen LogP contribution in [0.2, 0.25) is 0 Å². The highest BCUT2D eigenvalue weighted by molar-refractivity contribution is 5.98. The molecule has 0 bridgehead atoms. The molecule has 1 aromatic carbocycles. The van der Waals surface area contributed by atoms with E-state index in [-0.39, 0.29) is 19.1 Å². The quantitative estimate of drug-likeness (QED) is 0.865. The van der Waals surface area contributed by atoms with Crippen LogP contribution in [0.3, 0.4) is 0 Å². The van der Waals surface area contributed by atoms with Gasteiger partial charge in [-0.05, 0) is 24.3 Å². The van der Waals surface area contributed by atoms with Crippen LogP contribution in [0.5, 0.6) is 5.75 Å². The fourth-order valence-corrected chi connectivity index (χ4v) is 2.50. The molecule has 1 amide bonds. The van der Waals surface area contributed by atoms with E-state index < -0.39 is 6.10 Å². The van der Waals surface area contributed by atoms with E-state index in [4.69, 9.17) is 9.47 Å². The molecule has 1 atom stereocenters. The molecule has 2 heterocycles. The average Bonchev–Trinajstić information content (AvgIpc) is 2.80. The Morgan fingerprint density at radius 2 is 2.33 bits per heavy atom. The lowest BCUT2D eigenvalue weighted by molar-refractivity contribution is 0.0533. The fraction of sp³-hybridized carbons (Fsp3) is 0.400. The topological polar surface area (TPSA) is 74.8 Å². The number of aliphatic hydroxyl groups is 1. The molecule has 6 heteroatoms. The molecule has 1 aliphatic rings. The van der Waals surface area contributed by atoms with Crippen LogP contribution >= 0.6 is 0 Å². The minimum absolute atomic E-state index is 0.130. The predicted octanol–water partition coefficient (Wildman–Crippen LogP) is 1.01. The number of aromatic nitrogens is 1. The van der Waals surface area contributed by atoms with E-state index in [1.54, 1.807) is 18.1 Å². The van der Waals surface area contributed by atoms with Crippen LogP contribution in [0.25, 0.3) is 10.9 Å². The van der Waals surface area contributed by atoms with Crippen LogP contribution in [0, 0.1) is 0 Å². The number of benzene rings is 1. The van der Waals surface area contributed by atoms with Crippen molar-refractivity contribution in [1.29, 1.82) is 0 Å². The lowest BCUT2D eigenvalue weighted by Crippen LogP contribution is -2.37. The molecule has 0 saturated carbocycles. The van der Waals surface area contributed by atoms with Gasteiger partial charge in [-0.15, -0.1) is 0 Å². The fourth-order valence-electron chi connectivity index (χ4n) is 2.50. The number of amides is 1. The van der Waals surface area contributed by atoms with E-state index in [1.807, 2.05) is 18.2 Å². The minimum atomic E-state index is -0.638. The smallest absolute Gasteiger partial charge is 0.270 e. The number of carbonyl (C=O) groups excluding carboxylic acids is 1. The highest BCUT2D eigenvalue weighted by Gasteiger charge is 2.23. The zero-order valence-corrected chi connectivity index (χ0v) is 11.8. The van der Waals surface area contributed by atoms with Gasteiger partial charge in [0.25, 0.3) is 5.91 Å². The van der Waals surface area contributed by atoms with Crippen molar-refractivity contribution in [2.45, 2.75) is 6.10 Å². The summed E-state index contributed by atoms with van der Waals surface area (Å²) in [5.41, 5.74) is 1.39. The molecule has 21 heavy (non-hydrogen) atoms. The molecule has 2 aromatic rings. The van der Waals surface area contributed by atoms with Crippen molar-refractivity contribution in [2.75, 3.05) is 33.4 Å². The van der Waals surface area contributed by atoms with E-state index >= 15 is 0 Å². The van der Waals surface area contributed by atoms with Gasteiger partial charge in [0.05, 0.1) is 26.4 Å². The average molecular weight is 290 g/mol. The SMILES string of the molecule is COc1ccc2[nH]c(C(=O)N3CCOCC(O)C3)cc2c1. The van der Waals surface area contributed by atoms with Crippen molar-refractivity contribution >= 4 is 16.8 Å². The van der Waals surface area contributed by atoms with Crippen molar-refractivity contribution in [3.05, 3.63) is 30.0 Å². The maximum Gasteiger partial charge on any atom is 0.270 e. The molecular formula is C15H18N2O4. The molecule has 3 rings (SSSR count). The van der Waals surface area contributed by atoms with Crippen LogP contribution in [-0.2, 0) is 4.74 Å². The van der Waals surface area contributed by atoms with Gasteiger partial charge in [-0.3, -0.25) is 4.79 Å². The Hall–Kier alpha value is -2.05. The molecule has 1 fully saturated rings. The number of rotatable bonds is 2. The van der Waals surface area contributed by atoms with Gasteiger partial charge in [-0.1, -0.05) is 0 Å². The summed E-state index contributed by atoms with van der Waals surface area (Å²) in [4.78, 5) is 17.2. The van der Waals surface area contributed by atoms with Gasteiger partial charge in [0, 0.05) is 24.0 Å². The first-order valence-electron chi connectivity index (χ1n) is 6.89. The van der Waals surface area contributed by atoms with Crippen molar-refractivity contribution in [1.82, 2.24) is 9.88 Å². The first kappa shape index (κ1) is 13.9. The predicted molar refractivity (Wildman–Crippen MR) is 77.6 cm³/mol. The zero-order valence-electron chi connectivity index (χ0n) is 11.8. The van der Waals surface area contributed by atoms with Crippen LogP contribution < -0.4 is 4.74 Å². The second kappa shape index (κ2) is 5.75. The molecule has 2 N–H and O–H groups in total. The number of methoxy groups -OCH3 is 1. The normalized spacial score (nSPS) is 19.5. The molecule has 0 aliphatic carbocycles. The number of nitrogens with one attached hydrogen (secondary N) is 1. The lowest BCUT2D eigenvalue weighted by atomic mass is 10.2. The number of β-amino-alcohol motifs (C(OH)–C–C–N with tert-alkyl or cyclic N) is 1. The van der Waals surface area contributed by atoms with Crippen LogP contribution in [0.15, 0.2) is 24.3 Å². The zero-order chi connectivity index (χ0) is 14.8. The van der Waals surface area contributed by atoms with Gasteiger partial charge in [0.1, 0.15) is 11.4 Å². The molecule has 112 valence electrons. The van der Waals surface area contributed by atoms with E-state index in [0.29, 0.717) is 18.8 Å². The molecule has 1 aliphatic heterocycles. The van der Waals surface area contributed by atoms with Crippen LogP contribution in [0.4, 0.5) is 0 Å². The maximum atomic E-state index is 12.5. The molecule has 0 spiro atoms. The summed E-state index contributed by atoms with van der Waals surface area (Å²) < 4.78 is 10.4. The monoisotopic (exact) mass is 290 g/mol. The summed E-state index contributed by atoms with van der Waals surface area (Å²) in [7, 11) is 1.61. The number of fused-ring (bicyclic) bond motifs is 1. The van der Waals surface area contributed by atoms with Gasteiger partial charge in [-0.25, -0.2) is 0 Å². The summed E-state index contributed by atoms with van der Waals surface area (Å²) in [5.74, 6) is 0.619. The number of carbonyl (C=O) groups is 1. The summed E-state index contributed by atoms with van der Waals surface area (Å²) in [6, 6.07) is 7.41. The molecule has 1 saturated heterocycles. The number of nitrogens with zero attached hydrogens (tertiary/aromatic N) is 1. The maximum absolute atomic E-state index is 12.5. The highest BCUT2D eigenvalue weighted by atomic mass is 16.5. The van der Waals surface area contributed by atoms with Gasteiger partial charge >= 0.3 is 0 Å². The van der Waals surface area contributed by atoms with Crippen molar-refractivity contribution in [3.63, 3.8) is 0 Å². The van der Waals surface area contributed by atoms with Crippen LogP contribution in [0.1, 0.15) is 10.5 Å². The number of H-pyrrole nitrogens is 1. The molecule has 6 nitrogen and oxygen atoms in total. The van der Waals surface area contributed by atoms with Crippen LogP contribution in [-0.4, -0.2) is 60.4 Å². The number of ether oxygens (including phenoxy) is 2. The molecule has 0 radical (unpaired) electrons. The first-order chi connectivity index (χ1) is 10.2. The first-order valence-corrected chi connectivity index (χ1v) is 6.89. The lowest BCUT2D eigenvalue weighted by Gasteiger charge is -2.20. The Labute approximate surface area is 122 Å². The van der Waals surface area contributed by atoms with Gasteiger partial charge in [0.2, 0.25) is 0 Å². The van der Waals surface area contributed by atoms with E-state index in [0.717, 1.165) is 16.7 Å². The van der Waals surface area contributed by atoms with Crippen molar-refractivity contribution in [2.24, 2.45) is 0 Å². The van der Waals surface area contributed by atoms with E-state index in [2.05, 4.69) is 4.98 Å². The van der Waals surface area contributed by atoms with Gasteiger partial charge in [0.15, 0.2) is 0 Å². The number of hydrogen-bond acceptors (Lipinski definition) is 4. The molecule has 1 aromatic heterocycles. The Bertz CT molecular complexity index is 652. The van der Waals surface area contributed by atoms with Crippen molar-refractivity contribution in [3.8, 4) is 5.75 Å². The Kier molecular flexibility index (Phi) is 3.81. The minimum Gasteiger partial charge on any atom is -0.497 e. The molecular weight excluding hydrogens is 272 g/mol.